The Bertz CT molecular complexity index is 348. The van der Waals surface area contributed by atoms with Crippen LogP contribution in [0, 0.1) is 18.3 Å². The first-order chi connectivity index (χ1) is 8.31. The maximum atomic E-state index is 3.64. The van der Waals surface area contributed by atoms with Gasteiger partial charge in [0.05, 0.1) is 0 Å². The molecule has 0 aromatic carbocycles. The summed E-state index contributed by atoms with van der Waals surface area (Å²) in [5.41, 5.74) is 1.90. The van der Waals surface area contributed by atoms with E-state index in [2.05, 4.69) is 58.3 Å². The lowest BCUT2D eigenvalue weighted by Crippen LogP contribution is -2.24. The van der Waals surface area contributed by atoms with Crippen molar-refractivity contribution in [2.75, 3.05) is 6.54 Å². The molecule has 0 bridgehead atoms. The summed E-state index contributed by atoms with van der Waals surface area (Å²) in [7, 11) is 0. The van der Waals surface area contributed by atoms with Crippen molar-refractivity contribution in [1.29, 1.82) is 0 Å². The normalized spacial score (nSPS) is 15.7. The van der Waals surface area contributed by atoms with E-state index in [0.29, 0.717) is 11.5 Å². The van der Waals surface area contributed by atoms with Crippen molar-refractivity contribution in [3.05, 3.63) is 21.9 Å². The molecule has 2 heteroatoms. The molecule has 2 unspecified atom stereocenters. The van der Waals surface area contributed by atoms with E-state index in [9.17, 15) is 0 Å². The molecule has 2 atom stereocenters. The molecule has 0 spiro atoms. The fourth-order valence-electron chi connectivity index (χ4n) is 2.76. The first kappa shape index (κ1) is 15.7. The third-order valence-corrected chi connectivity index (χ3v) is 4.08. The highest BCUT2D eigenvalue weighted by atomic mass is 32.1. The largest absolute Gasteiger partial charge is 0.310 e. The molecule has 1 aromatic heterocycles. The summed E-state index contributed by atoms with van der Waals surface area (Å²) in [6.07, 6.45) is 2.53. The van der Waals surface area contributed by atoms with Crippen LogP contribution in [0.3, 0.4) is 0 Å². The molecule has 1 nitrogen and oxygen atoms in total. The first-order valence-electron chi connectivity index (χ1n) is 7.10. The summed E-state index contributed by atoms with van der Waals surface area (Å²) in [6, 6.07) is 2.86. The van der Waals surface area contributed by atoms with E-state index in [-0.39, 0.29) is 0 Å². The van der Waals surface area contributed by atoms with Gasteiger partial charge in [-0.05, 0) is 54.7 Å². The van der Waals surface area contributed by atoms with Crippen molar-refractivity contribution in [2.24, 2.45) is 11.3 Å². The number of aryl methyl sites for hydroxylation is 1. The van der Waals surface area contributed by atoms with Crippen LogP contribution >= 0.6 is 11.3 Å². The van der Waals surface area contributed by atoms with Gasteiger partial charge in [-0.3, -0.25) is 0 Å². The Kier molecular flexibility index (Phi) is 5.87. The van der Waals surface area contributed by atoms with E-state index in [1.807, 2.05) is 11.3 Å². The summed E-state index contributed by atoms with van der Waals surface area (Å²) in [4.78, 5) is 1.41. The Morgan fingerprint density at radius 1 is 1.33 bits per heavy atom. The predicted molar refractivity (Wildman–Crippen MR) is 83.3 cm³/mol. The van der Waals surface area contributed by atoms with Crippen molar-refractivity contribution < 1.29 is 0 Å². The highest BCUT2D eigenvalue weighted by Gasteiger charge is 2.20. The SMILES string of the molecule is CCNC(CC(C)CC(C)(C)C)c1csc(C)c1. The van der Waals surface area contributed by atoms with Gasteiger partial charge in [0.1, 0.15) is 0 Å². The second-order valence-corrected chi connectivity index (χ2v) is 7.82. The number of rotatable bonds is 6. The van der Waals surface area contributed by atoms with Gasteiger partial charge >= 0.3 is 0 Å². The number of hydrogen-bond acceptors (Lipinski definition) is 2. The average molecular weight is 267 g/mol. The van der Waals surface area contributed by atoms with E-state index in [1.54, 1.807) is 0 Å². The van der Waals surface area contributed by atoms with Gasteiger partial charge in [-0.25, -0.2) is 0 Å². The highest BCUT2D eigenvalue weighted by molar-refractivity contribution is 7.10. The molecule has 1 rings (SSSR count). The monoisotopic (exact) mass is 267 g/mol. The lowest BCUT2D eigenvalue weighted by molar-refractivity contribution is 0.277. The van der Waals surface area contributed by atoms with Crippen LogP contribution in [0.2, 0.25) is 0 Å². The van der Waals surface area contributed by atoms with Gasteiger partial charge in [0.25, 0.3) is 0 Å². The van der Waals surface area contributed by atoms with Crippen molar-refractivity contribution in [3.63, 3.8) is 0 Å². The van der Waals surface area contributed by atoms with E-state index < -0.39 is 0 Å². The maximum Gasteiger partial charge on any atom is 0.0331 e. The topological polar surface area (TPSA) is 12.0 Å². The minimum absolute atomic E-state index is 0.431. The molecule has 0 saturated carbocycles. The molecule has 1 N–H and O–H groups in total. The van der Waals surface area contributed by atoms with Crippen LogP contribution in [0.25, 0.3) is 0 Å². The number of hydrogen-bond donors (Lipinski definition) is 1. The summed E-state index contributed by atoms with van der Waals surface area (Å²) in [5, 5.41) is 5.95. The average Bonchev–Trinajstić information content (AvgIpc) is 2.61. The van der Waals surface area contributed by atoms with Crippen molar-refractivity contribution in [3.8, 4) is 0 Å². The molecule has 0 aliphatic carbocycles. The fraction of sp³-hybridized carbons (Fsp3) is 0.750. The van der Waals surface area contributed by atoms with Crippen LogP contribution in [0.1, 0.15) is 63.9 Å². The minimum atomic E-state index is 0.431. The highest BCUT2D eigenvalue weighted by Crippen LogP contribution is 2.31. The van der Waals surface area contributed by atoms with Gasteiger partial charge < -0.3 is 5.32 Å². The lowest BCUT2D eigenvalue weighted by Gasteiger charge is -2.27. The van der Waals surface area contributed by atoms with Gasteiger partial charge in [-0.1, -0.05) is 34.6 Å². The van der Waals surface area contributed by atoms with Crippen LogP contribution in [-0.2, 0) is 0 Å². The summed E-state index contributed by atoms with van der Waals surface area (Å²) < 4.78 is 0. The Balaban J connectivity index is 2.63. The van der Waals surface area contributed by atoms with E-state index in [0.717, 1.165) is 12.5 Å². The molecule has 0 aliphatic rings. The molecule has 18 heavy (non-hydrogen) atoms. The zero-order chi connectivity index (χ0) is 13.8. The third-order valence-electron chi connectivity index (χ3n) is 3.20. The Hall–Kier alpha value is -0.340. The maximum absolute atomic E-state index is 3.64. The second-order valence-electron chi connectivity index (χ2n) is 6.71. The van der Waals surface area contributed by atoms with Crippen LogP contribution in [-0.4, -0.2) is 6.54 Å². The molecule has 0 radical (unpaired) electrons. The predicted octanol–water partition coefficient (Wildman–Crippen LogP) is 5.17. The molecular weight excluding hydrogens is 238 g/mol. The van der Waals surface area contributed by atoms with Crippen LogP contribution in [0.5, 0.6) is 0 Å². The molecule has 1 aromatic rings. The van der Waals surface area contributed by atoms with E-state index in [1.165, 1.54) is 23.3 Å². The second kappa shape index (κ2) is 6.72. The Morgan fingerprint density at radius 3 is 2.44 bits per heavy atom. The van der Waals surface area contributed by atoms with Gasteiger partial charge in [0.2, 0.25) is 0 Å². The van der Waals surface area contributed by atoms with Gasteiger partial charge in [0, 0.05) is 10.9 Å². The zero-order valence-electron chi connectivity index (χ0n) is 12.8. The van der Waals surface area contributed by atoms with Crippen molar-refractivity contribution in [1.82, 2.24) is 5.32 Å². The fourth-order valence-corrected chi connectivity index (χ4v) is 3.52. The molecule has 104 valence electrons. The van der Waals surface area contributed by atoms with Gasteiger partial charge in [0.15, 0.2) is 0 Å². The van der Waals surface area contributed by atoms with Gasteiger partial charge in [-0.15, -0.1) is 11.3 Å². The summed E-state index contributed by atoms with van der Waals surface area (Å²) in [6.45, 7) is 14.8. The van der Waals surface area contributed by atoms with Crippen LogP contribution in [0.4, 0.5) is 0 Å². The van der Waals surface area contributed by atoms with Gasteiger partial charge in [-0.2, -0.15) is 0 Å². The Morgan fingerprint density at radius 2 is 2.00 bits per heavy atom. The zero-order valence-corrected chi connectivity index (χ0v) is 13.7. The molecule has 1 heterocycles. The lowest BCUT2D eigenvalue weighted by atomic mass is 9.82. The van der Waals surface area contributed by atoms with E-state index >= 15 is 0 Å². The number of thiophene rings is 1. The summed E-state index contributed by atoms with van der Waals surface area (Å²) in [5.74, 6) is 0.759. The molecular formula is C16H29NS. The first-order valence-corrected chi connectivity index (χ1v) is 7.98. The molecule has 0 fully saturated rings. The van der Waals surface area contributed by atoms with Crippen LogP contribution in [0.15, 0.2) is 11.4 Å². The van der Waals surface area contributed by atoms with Crippen molar-refractivity contribution in [2.45, 2.75) is 60.4 Å². The quantitative estimate of drug-likeness (QED) is 0.750. The van der Waals surface area contributed by atoms with Crippen molar-refractivity contribution >= 4 is 11.3 Å². The molecule has 0 aliphatic heterocycles. The van der Waals surface area contributed by atoms with E-state index in [4.69, 9.17) is 0 Å². The third kappa shape index (κ3) is 5.53. The minimum Gasteiger partial charge on any atom is -0.310 e. The Labute approximate surface area is 117 Å². The standard InChI is InChI=1S/C16H29NS/c1-7-17-15(14-9-13(3)18-11-14)8-12(2)10-16(4,5)6/h9,11-12,15,17H,7-8,10H2,1-6H3. The van der Waals surface area contributed by atoms with Crippen LogP contribution < -0.4 is 5.32 Å². The number of nitrogens with one attached hydrogen (secondary N) is 1. The molecule has 0 amide bonds. The summed E-state index contributed by atoms with van der Waals surface area (Å²) >= 11 is 1.86. The molecule has 0 saturated heterocycles. The smallest absolute Gasteiger partial charge is 0.0331 e.